The van der Waals surface area contributed by atoms with Crippen LogP contribution >= 0.6 is 12.2 Å². The first kappa shape index (κ1) is 13.7. The van der Waals surface area contributed by atoms with Crippen LogP contribution in [0.3, 0.4) is 0 Å². The van der Waals surface area contributed by atoms with E-state index in [1.807, 2.05) is 7.05 Å². The molecule has 0 aromatic rings. The van der Waals surface area contributed by atoms with Gasteiger partial charge in [-0.3, -0.25) is 0 Å². The van der Waals surface area contributed by atoms with E-state index in [4.69, 9.17) is 17.0 Å². The largest absolute Gasteiger partial charge is 0.385 e. The maximum absolute atomic E-state index is 5.22. The Bertz CT molecular complexity index is 162. The molecule has 0 saturated carbocycles. The Labute approximate surface area is 92.8 Å². The molecule has 0 radical (unpaired) electrons. The molecule has 0 amide bonds. The average Bonchev–Trinajstić information content (AvgIpc) is 2.14. The van der Waals surface area contributed by atoms with Gasteiger partial charge >= 0.3 is 0 Å². The summed E-state index contributed by atoms with van der Waals surface area (Å²) in [4.78, 5) is 2.05. The SMILES string of the molecule is COCCCN(C)C(=S)NCC(C)C. The predicted molar refractivity (Wildman–Crippen MR) is 64.6 cm³/mol. The fourth-order valence-corrected chi connectivity index (χ4v) is 1.15. The van der Waals surface area contributed by atoms with Crippen LogP contribution in [0.1, 0.15) is 20.3 Å². The van der Waals surface area contributed by atoms with E-state index < -0.39 is 0 Å². The van der Waals surface area contributed by atoms with E-state index in [1.54, 1.807) is 7.11 Å². The van der Waals surface area contributed by atoms with Crippen LogP contribution in [0.25, 0.3) is 0 Å². The van der Waals surface area contributed by atoms with Gasteiger partial charge in [0.2, 0.25) is 0 Å². The Morgan fingerprint density at radius 2 is 2.14 bits per heavy atom. The number of methoxy groups -OCH3 is 1. The van der Waals surface area contributed by atoms with Crippen LogP contribution in [-0.2, 0) is 4.74 Å². The van der Waals surface area contributed by atoms with Crippen molar-refractivity contribution in [3.05, 3.63) is 0 Å². The molecule has 0 rings (SSSR count). The molecule has 0 atom stereocenters. The van der Waals surface area contributed by atoms with Crippen LogP contribution in [0.2, 0.25) is 0 Å². The molecule has 0 aliphatic rings. The quantitative estimate of drug-likeness (QED) is 0.539. The van der Waals surface area contributed by atoms with Crippen molar-refractivity contribution in [1.29, 1.82) is 0 Å². The Hall–Kier alpha value is -0.350. The third kappa shape index (κ3) is 7.09. The number of thiocarbonyl (C=S) groups is 1. The number of nitrogens with one attached hydrogen (secondary N) is 1. The molecule has 0 bridgehead atoms. The molecule has 0 aliphatic carbocycles. The summed E-state index contributed by atoms with van der Waals surface area (Å²) in [7, 11) is 3.72. The van der Waals surface area contributed by atoms with Crippen LogP contribution in [0.4, 0.5) is 0 Å². The number of hydrogen-bond donors (Lipinski definition) is 1. The summed E-state index contributed by atoms with van der Waals surface area (Å²) in [5.74, 6) is 0.625. The van der Waals surface area contributed by atoms with Gasteiger partial charge in [-0.2, -0.15) is 0 Å². The summed E-state index contributed by atoms with van der Waals surface area (Å²) in [6, 6.07) is 0. The molecule has 0 saturated heterocycles. The molecular weight excluding hydrogens is 196 g/mol. The van der Waals surface area contributed by atoms with Crippen molar-refractivity contribution >= 4 is 17.3 Å². The first-order chi connectivity index (χ1) is 6.57. The third-order valence-electron chi connectivity index (χ3n) is 1.85. The highest BCUT2D eigenvalue weighted by Crippen LogP contribution is 1.92. The van der Waals surface area contributed by atoms with Gasteiger partial charge in [-0.25, -0.2) is 0 Å². The monoisotopic (exact) mass is 218 g/mol. The normalized spacial score (nSPS) is 10.4. The van der Waals surface area contributed by atoms with Crippen molar-refractivity contribution in [3.8, 4) is 0 Å². The summed E-state index contributed by atoms with van der Waals surface area (Å²) in [5.41, 5.74) is 0. The third-order valence-corrected chi connectivity index (χ3v) is 2.31. The molecule has 0 aliphatic heterocycles. The second kappa shape index (κ2) is 8.00. The highest BCUT2D eigenvalue weighted by Gasteiger charge is 2.03. The fourth-order valence-electron chi connectivity index (χ4n) is 0.974. The summed E-state index contributed by atoms with van der Waals surface area (Å²) >= 11 is 5.22. The molecule has 0 fully saturated rings. The van der Waals surface area contributed by atoms with E-state index in [1.165, 1.54) is 0 Å². The smallest absolute Gasteiger partial charge is 0.168 e. The topological polar surface area (TPSA) is 24.5 Å². The molecule has 14 heavy (non-hydrogen) atoms. The maximum atomic E-state index is 5.22. The average molecular weight is 218 g/mol. The number of nitrogens with zero attached hydrogens (tertiary/aromatic N) is 1. The van der Waals surface area contributed by atoms with E-state index in [2.05, 4.69) is 24.1 Å². The van der Waals surface area contributed by atoms with Gasteiger partial charge in [-0.1, -0.05) is 13.8 Å². The van der Waals surface area contributed by atoms with E-state index in [0.29, 0.717) is 5.92 Å². The van der Waals surface area contributed by atoms with Crippen molar-refractivity contribution in [1.82, 2.24) is 10.2 Å². The lowest BCUT2D eigenvalue weighted by Crippen LogP contribution is -2.39. The molecule has 3 nitrogen and oxygen atoms in total. The van der Waals surface area contributed by atoms with E-state index in [-0.39, 0.29) is 0 Å². The van der Waals surface area contributed by atoms with Crippen LogP contribution < -0.4 is 5.32 Å². The highest BCUT2D eigenvalue weighted by molar-refractivity contribution is 7.80. The first-order valence-corrected chi connectivity index (χ1v) is 5.46. The van der Waals surface area contributed by atoms with Crippen LogP contribution in [0.5, 0.6) is 0 Å². The minimum Gasteiger partial charge on any atom is -0.385 e. The van der Waals surface area contributed by atoms with Gasteiger partial charge in [-0.15, -0.1) is 0 Å². The molecule has 4 heteroatoms. The highest BCUT2D eigenvalue weighted by atomic mass is 32.1. The second-order valence-electron chi connectivity index (χ2n) is 3.85. The Morgan fingerprint density at radius 3 is 2.64 bits per heavy atom. The molecule has 1 N–H and O–H groups in total. The summed E-state index contributed by atoms with van der Waals surface area (Å²) in [6.07, 6.45) is 1.01. The first-order valence-electron chi connectivity index (χ1n) is 5.05. The van der Waals surface area contributed by atoms with Crippen molar-refractivity contribution in [2.24, 2.45) is 5.92 Å². The van der Waals surface area contributed by atoms with Gasteiger partial charge in [0.15, 0.2) is 5.11 Å². The zero-order valence-electron chi connectivity index (χ0n) is 9.67. The summed E-state index contributed by atoms with van der Waals surface area (Å²) in [5, 5.41) is 4.05. The molecule has 84 valence electrons. The van der Waals surface area contributed by atoms with Crippen molar-refractivity contribution in [2.45, 2.75) is 20.3 Å². The predicted octanol–water partition coefficient (Wildman–Crippen LogP) is 1.49. The molecule has 0 unspecified atom stereocenters. The molecular formula is C10H22N2OS. The second-order valence-corrected chi connectivity index (χ2v) is 4.23. The Morgan fingerprint density at radius 1 is 1.50 bits per heavy atom. The lowest BCUT2D eigenvalue weighted by atomic mass is 10.2. The van der Waals surface area contributed by atoms with Gasteiger partial charge in [-0.05, 0) is 24.6 Å². The zero-order chi connectivity index (χ0) is 11.0. The van der Waals surface area contributed by atoms with Crippen molar-refractivity contribution in [2.75, 3.05) is 33.9 Å². The zero-order valence-corrected chi connectivity index (χ0v) is 10.5. The Balaban J connectivity index is 3.54. The lowest BCUT2D eigenvalue weighted by Gasteiger charge is -2.21. The van der Waals surface area contributed by atoms with E-state index in [9.17, 15) is 0 Å². The molecule has 0 aromatic heterocycles. The molecule has 0 aromatic carbocycles. The standard InChI is InChI=1S/C10H22N2OS/c1-9(2)8-11-10(14)12(3)6-5-7-13-4/h9H,5-8H2,1-4H3,(H,11,14). The summed E-state index contributed by atoms with van der Waals surface area (Å²) in [6.45, 7) is 7.00. The summed E-state index contributed by atoms with van der Waals surface area (Å²) < 4.78 is 4.98. The van der Waals surface area contributed by atoms with Crippen LogP contribution in [0, 0.1) is 5.92 Å². The number of rotatable bonds is 6. The van der Waals surface area contributed by atoms with Gasteiger partial charge in [0.1, 0.15) is 0 Å². The van der Waals surface area contributed by atoms with Crippen molar-refractivity contribution < 1.29 is 4.74 Å². The molecule has 0 heterocycles. The Kier molecular flexibility index (Phi) is 7.80. The molecule has 0 spiro atoms. The fraction of sp³-hybridized carbons (Fsp3) is 0.900. The van der Waals surface area contributed by atoms with Gasteiger partial charge in [0.25, 0.3) is 0 Å². The van der Waals surface area contributed by atoms with Gasteiger partial charge in [0, 0.05) is 33.9 Å². The van der Waals surface area contributed by atoms with Crippen molar-refractivity contribution in [3.63, 3.8) is 0 Å². The van der Waals surface area contributed by atoms with Crippen LogP contribution in [0.15, 0.2) is 0 Å². The van der Waals surface area contributed by atoms with Crippen LogP contribution in [-0.4, -0.2) is 43.9 Å². The number of hydrogen-bond acceptors (Lipinski definition) is 2. The van der Waals surface area contributed by atoms with Gasteiger partial charge < -0.3 is 15.0 Å². The number of ether oxygens (including phenoxy) is 1. The van der Waals surface area contributed by atoms with E-state index in [0.717, 1.165) is 31.2 Å². The van der Waals surface area contributed by atoms with Gasteiger partial charge in [0.05, 0.1) is 0 Å². The van der Waals surface area contributed by atoms with E-state index >= 15 is 0 Å². The minimum absolute atomic E-state index is 0.625. The minimum atomic E-state index is 0.625. The maximum Gasteiger partial charge on any atom is 0.168 e. The lowest BCUT2D eigenvalue weighted by molar-refractivity contribution is 0.188.